The number of fused-ring (bicyclic) bond motifs is 1. The second kappa shape index (κ2) is 5.83. The first-order valence-corrected chi connectivity index (χ1v) is 7.42. The van der Waals surface area contributed by atoms with Gasteiger partial charge in [-0.05, 0) is 19.3 Å². The third kappa shape index (κ3) is 4.16. The average molecular weight is 301 g/mol. The van der Waals surface area contributed by atoms with E-state index in [-0.39, 0.29) is 29.6 Å². The molecule has 2 aliphatic rings. The zero-order valence-corrected chi connectivity index (χ0v) is 13.8. The zero-order chi connectivity index (χ0) is 15.8. The van der Waals surface area contributed by atoms with E-state index in [1.807, 2.05) is 34.6 Å². The highest BCUT2D eigenvalue weighted by Crippen LogP contribution is 2.38. The molecule has 0 saturated carbocycles. The monoisotopic (exact) mass is 301 g/mol. The van der Waals surface area contributed by atoms with Crippen molar-refractivity contribution in [3.63, 3.8) is 0 Å². The second-order valence-corrected chi connectivity index (χ2v) is 7.38. The van der Waals surface area contributed by atoms with Crippen LogP contribution in [-0.4, -0.2) is 50.0 Å². The maximum absolute atomic E-state index is 11.9. The molecule has 2 aliphatic heterocycles. The van der Waals surface area contributed by atoms with Crippen LogP contribution in [0.2, 0.25) is 0 Å². The predicted octanol–water partition coefficient (Wildman–Crippen LogP) is 1.43. The molecule has 21 heavy (non-hydrogen) atoms. The van der Waals surface area contributed by atoms with Crippen molar-refractivity contribution in [2.45, 2.75) is 71.4 Å². The molecule has 2 saturated heterocycles. The topological polar surface area (TPSA) is 66.0 Å². The van der Waals surface area contributed by atoms with E-state index in [0.29, 0.717) is 13.0 Å². The summed E-state index contributed by atoms with van der Waals surface area (Å²) in [7, 11) is 1.62. The van der Waals surface area contributed by atoms with Gasteiger partial charge in [-0.2, -0.15) is 0 Å². The third-order valence-electron chi connectivity index (χ3n) is 3.55. The Hall–Kier alpha value is -0.690. The number of carbonyl (C=O) groups excluding carboxylic acids is 1. The minimum absolute atomic E-state index is 0.0141. The van der Waals surface area contributed by atoms with E-state index in [1.165, 1.54) is 0 Å². The normalized spacial score (nSPS) is 34.8. The molecule has 0 aromatic heterocycles. The van der Waals surface area contributed by atoms with E-state index in [0.717, 1.165) is 0 Å². The number of methoxy groups -OCH3 is 1. The van der Waals surface area contributed by atoms with E-state index < -0.39 is 12.1 Å². The van der Waals surface area contributed by atoms with Gasteiger partial charge in [-0.1, -0.05) is 20.8 Å². The molecular weight excluding hydrogens is 274 g/mol. The molecule has 0 spiro atoms. The Labute approximate surface area is 126 Å². The lowest BCUT2D eigenvalue weighted by Gasteiger charge is -2.25. The van der Waals surface area contributed by atoms with Gasteiger partial charge in [-0.3, -0.25) is 4.79 Å². The first-order chi connectivity index (χ1) is 9.61. The highest BCUT2D eigenvalue weighted by molar-refractivity contribution is 5.76. The summed E-state index contributed by atoms with van der Waals surface area (Å²) in [6.07, 6.45) is -0.717. The van der Waals surface area contributed by atoms with Crippen molar-refractivity contribution in [2.24, 2.45) is 5.41 Å². The summed E-state index contributed by atoms with van der Waals surface area (Å²) in [6, 6.07) is 0. The summed E-state index contributed by atoms with van der Waals surface area (Å²) in [4.78, 5) is 11.9. The van der Waals surface area contributed by atoms with Crippen LogP contribution in [0.4, 0.5) is 0 Å². The number of ether oxygens (including phenoxy) is 4. The molecule has 0 aromatic rings. The molecule has 2 rings (SSSR count). The third-order valence-corrected chi connectivity index (χ3v) is 3.55. The predicted molar refractivity (Wildman–Crippen MR) is 76.6 cm³/mol. The van der Waals surface area contributed by atoms with Crippen LogP contribution < -0.4 is 5.32 Å². The van der Waals surface area contributed by atoms with Gasteiger partial charge in [-0.15, -0.1) is 0 Å². The lowest BCUT2D eigenvalue weighted by Crippen LogP contribution is -2.43. The molecule has 0 unspecified atom stereocenters. The summed E-state index contributed by atoms with van der Waals surface area (Å²) in [5, 5.41) is 2.90. The Morgan fingerprint density at radius 2 is 1.95 bits per heavy atom. The summed E-state index contributed by atoms with van der Waals surface area (Å²) < 4.78 is 22.8. The minimum Gasteiger partial charge on any atom is -0.376 e. The Kier molecular flexibility index (Phi) is 4.63. The van der Waals surface area contributed by atoms with Crippen LogP contribution >= 0.6 is 0 Å². The molecule has 2 fully saturated rings. The van der Waals surface area contributed by atoms with Gasteiger partial charge in [0.15, 0.2) is 12.1 Å². The van der Waals surface area contributed by atoms with E-state index in [4.69, 9.17) is 18.9 Å². The van der Waals surface area contributed by atoms with Gasteiger partial charge in [0.05, 0.1) is 0 Å². The molecule has 6 heteroatoms. The molecule has 1 N–H and O–H groups in total. The Bertz CT molecular complexity index is 390. The van der Waals surface area contributed by atoms with Gasteiger partial charge >= 0.3 is 0 Å². The highest BCUT2D eigenvalue weighted by atomic mass is 16.8. The number of carbonyl (C=O) groups is 1. The Morgan fingerprint density at radius 1 is 1.29 bits per heavy atom. The fourth-order valence-electron chi connectivity index (χ4n) is 2.76. The zero-order valence-electron chi connectivity index (χ0n) is 13.8. The summed E-state index contributed by atoms with van der Waals surface area (Å²) in [5.41, 5.74) is -0.0337. The largest absolute Gasteiger partial charge is 0.376 e. The van der Waals surface area contributed by atoms with Crippen molar-refractivity contribution in [3.05, 3.63) is 0 Å². The smallest absolute Gasteiger partial charge is 0.220 e. The number of hydrogen-bond acceptors (Lipinski definition) is 5. The van der Waals surface area contributed by atoms with Gasteiger partial charge in [0.2, 0.25) is 5.91 Å². The van der Waals surface area contributed by atoms with Gasteiger partial charge in [0.25, 0.3) is 0 Å². The Morgan fingerprint density at radius 3 is 2.52 bits per heavy atom. The van der Waals surface area contributed by atoms with Crippen molar-refractivity contribution >= 4 is 5.91 Å². The Balaban J connectivity index is 1.87. The molecule has 0 aromatic carbocycles. The first-order valence-electron chi connectivity index (χ1n) is 7.42. The molecule has 1 amide bonds. The molecule has 0 radical (unpaired) electrons. The average Bonchev–Trinajstić information content (AvgIpc) is 2.75. The SMILES string of the molecule is CO[C@@H]1[C@H]2OC(C)(C)O[C@H]2O[C@@H]1CNC(=O)CC(C)(C)C. The molecule has 0 bridgehead atoms. The molecule has 4 atom stereocenters. The van der Waals surface area contributed by atoms with Crippen LogP contribution in [0, 0.1) is 5.41 Å². The van der Waals surface area contributed by atoms with E-state index in [1.54, 1.807) is 7.11 Å². The summed E-state index contributed by atoms with van der Waals surface area (Å²) in [5.74, 6) is -0.646. The quantitative estimate of drug-likeness (QED) is 0.851. The van der Waals surface area contributed by atoms with Gasteiger partial charge in [0.1, 0.15) is 18.3 Å². The number of amides is 1. The lowest BCUT2D eigenvalue weighted by molar-refractivity contribution is -0.215. The van der Waals surface area contributed by atoms with Crippen molar-refractivity contribution in [2.75, 3.05) is 13.7 Å². The number of rotatable bonds is 4. The van der Waals surface area contributed by atoms with Crippen LogP contribution in [0.1, 0.15) is 41.0 Å². The summed E-state index contributed by atoms with van der Waals surface area (Å²) in [6.45, 7) is 10.2. The van der Waals surface area contributed by atoms with Gasteiger partial charge in [-0.25, -0.2) is 0 Å². The van der Waals surface area contributed by atoms with Gasteiger partial charge in [0, 0.05) is 20.1 Å². The van der Waals surface area contributed by atoms with Crippen LogP contribution in [0.15, 0.2) is 0 Å². The molecule has 122 valence electrons. The van der Waals surface area contributed by atoms with Gasteiger partial charge < -0.3 is 24.3 Å². The highest BCUT2D eigenvalue weighted by Gasteiger charge is 2.55. The van der Waals surface area contributed by atoms with Crippen LogP contribution in [0.25, 0.3) is 0 Å². The van der Waals surface area contributed by atoms with Crippen molar-refractivity contribution in [1.82, 2.24) is 5.32 Å². The maximum atomic E-state index is 11.9. The number of nitrogens with one attached hydrogen (secondary N) is 1. The molecular formula is C15H27NO5. The van der Waals surface area contributed by atoms with Crippen molar-refractivity contribution in [1.29, 1.82) is 0 Å². The minimum atomic E-state index is -0.660. The van der Waals surface area contributed by atoms with Crippen molar-refractivity contribution < 1.29 is 23.7 Å². The van der Waals surface area contributed by atoms with Crippen LogP contribution in [0.3, 0.4) is 0 Å². The second-order valence-electron chi connectivity index (χ2n) is 7.38. The van der Waals surface area contributed by atoms with Crippen molar-refractivity contribution in [3.8, 4) is 0 Å². The van der Waals surface area contributed by atoms with E-state index >= 15 is 0 Å². The fourth-order valence-corrected chi connectivity index (χ4v) is 2.76. The summed E-state index contributed by atoms with van der Waals surface area (Å²) >= 11 is 0. The molecule has 6 nitrogen and oxygen atoms in total. The van der Waals surface area contributed by atoms with E-state index in [2.05, 4.69) is 5.32 Å². The first kappa shape index (κ1) is 16.7. The fraction of sp³-hybridized carbons (Fsp3) is 0.933. The molecule has 0 aliphatic carbocycles. The standard InChI is InChI=1S/C15H27NO5/c1-14(2,3)7-10(17)16-8-9-11(18-6)12-13(19-9)21-15(4,5)20-12/h9,11-13H,7-8H2,1-6H3,(H,16,17)/t9-,11+,12-,13-/m1/s1. The molecule has 2 heterocycles. The van der Waals surface area contributed by atoms with E-state index in [9.17, 15) is 4.79 Å². The number of hydrogen-bond donors (Lipinski definition) is 1. The van der Waals surface area contributed by atoms with Crippen LogP contribution in [-0.2, 0) is 23.7 Å². The maximum Gasteiger partial charge on any atom is 0.220 e. The van der Waals surface area contributed by atoms with Crippen LogP contribution in [0.5, 0.6) is 0 Å². The lowest BCUT2D eigenvalue weighted by atomic mass is 9.92.